The molecule has 1 aliphatic rings. The van der Waals surface area contributed by atoms with Crippen molar-refractivity contribution in [2.75, 3.05) is 31.1 Å². The molecule has 0 saturated carbocycles. The van der Waals surface area contributed by atoms with E-state index in [1.165, 1.54) is 5.56 Å². The van der Waals surface area contributed by atoms with Crippen molar-refractivity contribution in [1.82, 2.24) is 14.9 Å². The number of anilines is 1. The number of nitrogens with zero attached hydrogens (tertiary/aromatic N) is 4. The second-order valence-corrected chi connectivity index (χ2v) is 8.26. The minimum Gasteiger partial charge on any atom is -0.353 e. The number of piperazine rings is 1. The molecule has 6 heteroatoms. The van der Waals surface area contributed by atoms with Gasteiger partial charge in [0, 0.05) is 53.5 Å². The summed E-state index contributed by atoms with van der Waals surface area (Å²) in [5.74, 6) is 1.74. The van der Waals surface area contributed by atoms with Crippen molar-refractivity contribution in [2.45, 2.75) is 13.8 Å². The van der Waals surface area contributed by atoms with Crippen LogP contribution in [0.25, 0.3) is 11.4 Å². The lowest BCUT2D eigenvalue weighted by molar-refractivity contribution is 0.0746. The topological polar surface area (TPSA) is 49.3 Å². The van der Waals surface area contributed by atoms with E-state index in [9.17, 15) is 4.79 Å². The van der Waals surface area contributed by atoms with Gasteiger partial charge in [-0.25, -0.2) is 9.97 Å². The van der Waals surface area contributed by atoms with Gasteiger partial charge in [0.15, 0.2) is 5.82 Å². The molecule has 0 bridgehead atoms. The number of aryl methyl sites for hydroxylation is 2. The lowest BCUT2D eigenvalue weighted by Gasteiger charge is -2.35. The third kappa shape index (κ3) is 4.48. The van der Waals surface area contributed by atoms with E-state index in [0.717, 1.165) is 40.5 Å². The summed E-state index contributed by atoms with van der Waals surface area (Å²) in [6, 6.07) is 17.8. The summed E-state index contributed by atoms with van der Waals surface area (Å²) in [4.78, 5) is 26.3. The van der Waals surface area contributed by atoms with Crippen LogP contribution in [-0.2, 0) is 0 Å². The maximum absolute atomic E-state index is 12.8. The Balaban J connectivity index is 1.48. The van der Waals surface area contributed by atoms with Gasteiger partial charge in [0.05, 0.1) is 0 Å². The Bertz CT molecular complexity index is 1030. The molecule has 148 valence electrons. The van der Waals surface area contributed by atoms with Gasteiger partial charge in [-0.05, 0) is 32.0 Å². The predicted molar refractivity (Wildman–Crippen MR) is 119 cm³/mol. The minimum atomic E-state index is 0.0742. The van der Waals surface area contributed by atoms with Crippen LogP contribution in [0, 0.1) is 13.8 Å². The van der Waals surface area contributed by atoms with Crippen LogP contribution in [0.3, 0.4) is 0 Å². The highest BCUT2D eigenvalue weighted by atomic mass is 79.9. The first-order valence-corrected chi connectivity index (χ1v) is 10.5. The second kappa shape index (κ2) is 8.33. The fourth-order valence-electron chi connectivity index (χ4n) is 3.49. The van der Waals surface area contributed by atoms with E-state index in [1.807, 2.05) is 42.2 Å². The largest absolute Gasteiger partial charge is 0.353 e. The maximum Gasteiger partial charge on any atom is 0.254 e. The number of rotatable bonds is 3. The summed E-state index contributed by atoms with van der Waals surface area (Å²) < 4.78 is 0.919. The highest BCUT2D eigenvalue weighted by Gasteiger charge is 2.23. The molecule has 0 radical (unpaired) electrons. The summed E-state index contributed by atoms with van der Waals surface area (Å²) in [5, 5.41) is 0. The van der Waals surface area contributed by atoms with Gasteiger partial charge in [0.25, 0.3) is 5.91 Å². The Morgan fingerprint density at radius 3 is 2.34 bits per heavy atom. The molecule has 29 heavy (non-hydrogen) atoms. The maximum atomic E-state index is 12.8. The fourth-order valence-corrected chi connectivity index (χ4v) is 3.89. The number of carbonyl (C=O) groups excluding carboxylic acids is 1. The van der Waals surface area contributed by atoms with Gasteiger partial charge in [-0.3, -0.25) is 4.79 Å². The predicted octanol–water partition coefficient (Wildman–Crippen LogP) is 4.49. The fraction of sp³-hybridized carbons (Fsp3) is 0.261. The smallest absolute Gasteiger partial charge is 0.254 e. The van der Waals surface area contributed by atoms with Crippen LogP contribution in [-0.4, -0.2) is 47.0 Å². The molecule has 3 aromatic rings. The number of amides is 1. The Kier molecular flexibility index (Phi) is 5.62. The molecular formula is C23H23BrN4O. The molecule has 4 rings (SSSR count). The van der Waals surface area contributed by atoms with E-state index in [2.05, 4.69) is 57.0 Å². The summed E-state index contributed by atoms with van der Waals surface area (Å²) in [6.45, 7) is 6.92. The van der Waals surface area contributed by atoms with Gasteiger partial charge < -0.3 is 9.80 Å². The molecule has 1 aliphatic heterocycles. The molecule has 0 spiro atoms. The highest BCUT2D eigenvalue weighted by Crippen LogP contribution is 2.22. The summed E-state index contributed by atoms with van der Waals surface area (Å²) >= 11 is 3.44. The average Bonchev–Trinajstić information content (AvgIpc) is 2.73. The number of aromatic nitrogens is 2. The van der Waals surface area contributed by atoms with Crippen LogP contribution in [0.5, 0.6) is 0 Å². The Labute approximate surface area is 179 Å². The Morgan fingerprint density at radius 1 is 0.931 bits per heavy atom. The number of halogens is 1. The molecule has 0 unspecified atom stereocenters. The number of hydrogen-bond donors (Lipinski definition) is 0. The van der Waals surface area contributed by atoms with Crippen molar-refractivity contribution in [1.29, 1.82) is 0 Å². The van der Waals surface area contributed by atoms with Crippen molar-refractivity contribution in [3.63, 3.8) is 0 Å². The van der Waals surface area contributed by atoms with Crippen LogP contribution in [0.15, 0.2) is 59.1 Å². The zero-order chi connectivity index (χ0) is 20.4. The molecule has 2 heterocycles. The molecule has 0 aliphatic carbocycles. The average molecular weight is 451 g/mol. The molecule has 1 aromatic heterocycles. The SMILES string of the molecule is Cc1ccc(-c2nc(C)cc(N3CCN(C(=O)c4cccc(Br)c4)CC3)n2)cc1. The quantitative estimate of drug-likeness (QED) is 0.589. The van der Waals surface area contributed by atoms with Gasteiger partial charge in [-0.2, -0.15) is 0 Å². The van der Waals surface area contributed by atoms with Crippen LogP contribution >= 0.6 is 15.9 Å². The third-order valence-electron chi connectivity index (χ3n) is 5.11. The first-order chi connectivity index (χ1) is 14.0. The zero-order valence-electron chi connectivity index (χ0n) is 16.6. The van der Waals surface area contributed by atoms with E-state index in [-0.39, 0.29) is 5.91 Å². The Morgan fingerprint density at radius 2 is 1.66 bits per heavy atom. The second-order valence-electron chi connectivity index (χ2n) is 7.35. The monoisotopic (exact) mass is 450 g/mol. The third-order valence-corrected chi connectivity index (χ3v) is 5.61. The lowest BCUT2D eigenvalue weighted by Crippen LogP contribution is -2.49. The molecule has 1 fully saturated rings. The molecule has 2 aromatic carbocycles. The number of carbonyl (C=O) groups is 1. The van der Waals surface area contributed by atoms with Crippen LogP contribution in [0.1, 0.15) is 21.6 Å². The molecular weight excluding hydrogens is 428 g/mol. The first kappa shape index (κ1) is 19.6. The summed E-state index contributed by atoms with van der Waals surface area (Å²) in [7, 11) is 0. The van der Waals surface area contributed by atoms with Crippen molar-refractivity contribution < 1.29 is 4.79 Å². The van der Waals surface area contributed by atoms with E-state index in [1.54, 1.807) is 0 Å². The van der Waals surface area contributed by atoms with Crippen LogP contribution in [0.2, 0.25) is 0 Å². The first-order valence-electron chi connectivity index (χ1n) is 9.72. The van der Waals surface area contributed by atoms with Gasteiger partial charge in [-0.1, -0.05) is 51.8 Å². The van der Waals surface area contributed by atoms with Crippen molar-refractivity contribution in [3.8, 4) is 11.4 Å². The standard InChI is InChI=1S/C23H23BrN4O/c1-16-6-8-18(9-7-16)22-25-17(2)14-21(26-22)27-10-12-28(13-11-27)23(29)19-4-3-5-20(24)15-19/h3-9,14-15H,10-13H2,1-2H3. The molecule has 5 nitrogen and oxygen atoms in total. The molecule has 0 N–H and O–H groups in total. The van der Waals surface area contributed by atoms with Gasteiger partial charge in [-0.15, -0.1) is 0 Å². The minimum absolute atomic E-state index is 0.0742. The zero-order valence-corrected chi connectivity index (χ0v) is 18.2. The normalized spacial score (nSPS) is 14.2. The van der Waals surface area contributed by atoms with Crippen molar-refractivity contribution in [2.24, 2.45) is 0 Å². The lowest BCUT2D eigenvalue weighted by atomic mass is 10.1. The van der Waals surface area contributed by atoms with Crippen LogP contribution in [0.4, 0.5) is 5.82 Å². The van der Waals surface area contributed by atoms with Crippen molar-refractivity contribution >= 4 is 27.7 Å². The number of benzene rings is 2. The molecule has 1 saturated heterocycles. The van der Waals surface area contributed by atoms with E-state index < -0.39 is 0 Å². The van der Waals surface area contributed by atoms with E-state index in [4.69, 9.17) is 4.98 Å². The van der Waals surface area contributed by atoms with Crippen molar-refractivity contribution in [3.05, 3.63) is 75.9 Å². The van der Waals surface area contributed by atoms with Gasteiger partial charge >= 0.3 is 0 Å². The Hall–Kier alpha value is -2.73. The van der Waals surface area contributed by atoms with Gasteiger partial charge in [0.1, 0.15) is 5.82 Å². The van der Waals surface area contributed by atoms with Crippen LogP contribution < -0.4 is 4.90 Å². The van der Waals surface area contributed by atoms with Gasteiger partial charge in [0.2, 0.25) is 0 Å². The number of hydrogen-bond acceptors (Lipinski definition) is 4. The molecule has 0 atom stereocenters. The van der Waals surface area contributed by atoms with E-state index >= 15 is 0 Å². The summed E-state index contributed by atoms with van der Waals surface area (Å²) in [5.41, 5.74) is 3.89. The highest BCUT2D eigenvalue weighted by molar-refractivity contribution is 9.10. The molecule has 1 amide bonds. The van der Waals surface area contributed by atoms with E-state index in [0.29, 0.717) is 18.7 Å². The summed E-state index contributed by atoms with van der Waals surface area (Å²) in [6.07, 6.45) is 0.